The maximum absolute atomic E-state index is 17.1. The highest BCUT2D eigenvalue weighted by atomic mass is 35.5. The maximum Gasteiger partial charge on any atom is 0.413 e. The second kappa shape index (κ2) is 12.5. The number of nitrogens with one attached hydrogen (secondary N) is 1. The molecule has 6 heterocycles. The summed E-state index contributed by atoms with van der Waals surface area (Å²) in [5.41, 5.74) is -0.0459. The summed E-state index contributed by atoms with van der Waals surface area (Å²) in [6.45, 7) is 9.58. The Morgan fingerprint density at radius 2 is 2.00 bits per heavy atom. The molecule has 3 aliphatic heterocycles. The van der Waals surface area contributed by atoms with E-state index in [0.717, 1.165) is 36.4 Å². The molecule has 3 aliphatic rings. The van der Waals surface area contributed by atoms with Crippen LogP contribution in [0.4, 0.5) is 28.9 Å². The van der Waals surface area contributed by atoms with Gasteiger partial charge in [-0.15, -0.1) is 0 Å². The Morgan fingerprint density at radius 3 is 2.80 bits per heavy atom. The van der Waals surface area contributed by atoms with Crippen LogP contribution in [-0.4, -0.2) is 78.5 Å². The SMILES string of the molecule is C[C@@H]1Cn2cncc2CN1c1nc(OC[C@@]23CCCN2C[C@H](F)C3)nc2c(F)c(-c3ccc(F)c4sc(NC(=O)OC(C)(C)C)nc34)c(Cl)cc12. The van der Waals surface area contributed by atoms with E-state index in [1.807, 2.05) is 11.8 Å². The number of aromatic nitrogens is 5. The number of fused-ring (bicyclic) bond motifs is 4. The normalized spacial score (nSPS) is 22.1. The number of carbonyl (C=O) groups is 1. The van der Waals surface area contributed by atoms with E-state index in [2.05, 4.69) is 29.7 Å². The second-order valence-corrected chi connectivity index (χ2v) is 16.0. The summed E-state index contributed by atoms with van der Waals surface area (Å²) in [4.78, 5) is 34.8. The third-order valence-electron chi connectivity index (χ3n) is 9.84. The van der Waals surface area contributed by atoms with Gasteiger partial charge in [0.25, 0.3) is 0 Å². The Morgan fingerprint density at radius 1 is 1.18 bits per heavy atom. The van der Waals surface area contributed by atoms with Crippen LogP contribution < -0.4 is 15.0 Å². The summed E-state index contributed by atoms with van der Waals surface area (Å²) < 4.78 is 60.6. The molecule has 8 rings (SSSR count). The van der Waals surface area contributed by atoms with Crippen molar-refractivity contribution in [2.45, 2.75) is 83.4 Å². The van der Waals surface area contributed by atoms with Gasteiger partial charge in [0.15, 0.2) is 10.9 Å². The molecule has 0 unspecified atom stereocenters. The van der Waals surface area contributed by atoms with Gasteiger partial charge in [0.2, 0.25) is 0 Å². The van der Waals surface area contributed by atoms with Crippen LogP contribution in [0.15, 0.2) is 30.7 Å². The summed E-state index contributed by atoms with van der Waals surface area (Å²) in [6.07, 6.45) is 3.94. The van der Waals surface area contributed by atoms with Crippen LogP contribution >= 0.6 is 22.9 Å². The number of amides is 1. The van der Waals surface area contributed by atoms with Crippen LogP contribution in [0.25, 0.3) is 32.2 Å². The number of benzene rings is 2. The lowest BCUT2D eigenvalue weighted by molar-refractivity contribution is 0.0636. The minimum atomic E-state index is -0.943. The van der Waals surface area contributed by atoms with Crippen molar-refractivity contribution >= 4 is 61.1 Å². The fourth-order valence-electron chi connectivity index (χ4n) is 7.60. The van der Waals surface area contributed by atoms with Gasteiger partial charge in [0.1, 0.15) is 35.5 Å². The third-order valence-corrected chi connectivity index (χ3v) is 11.1. The first-order chi connectivity index (χ1) is 24.3. The van der Waals surface area contributed by atoms with Crippen LogP contribution in [0.3, 0.4) is 0 Å². The topological polar surface area (TPSA) is 111 Å². The second-order valence-electron chi connectivity index (χ2n) is 14.6. The van der Waals surface area contributed by atoms with Crippen molar-refractivity contribution in [3.63, 3.8) is 0 Å². The number of thiazole rings is 1. The summed E-state index contributed by atoms with van der Waals surface area (Å²) in [6, 6.07) is 4.11. The Balaban J connectivity index is 1.24. The van der Waals surface area contributed by atoms with Gasteiger partial charge in [-0.2, -0.15) is 9.97 Å². The fourth-order valence-corrected chi connectivity index (χ4v) is 8.78. The van der Waals surface area contributed by atoms with E-state index in [9.17, 15) is 9.18 Å². The van der Waals surface area contributed by atoms with Crippen molar-refractivity contribution in [1.82, 2.24) is 29.4 Å². The Labute approximate surface area is 300 Å². The molecule has 0 spiro atoms. The van der Waals surface area contributed by atoms with Crippen molar-refractivity contribution < 1.29 is 27.4 Å². The molecule has 51 heavy (non-hydrogen) atoms. The predicted octanol–water partition coefficient (Wildman–Crippen LogP) is 7.75. The number of halogens is 4. The number of rotatable bonds is 6. The summed E-state index contributed by atoms with van der Waals surface area (Å²) >= 11 is 7.80. The minimum absolute atomic E-state index is 0.0382. The van der Waals surface area contributed by atoms with E-state index < -0.39 is 35.0 Å². The smallest absolute Gasteiger partial charge is 0.413 e. The molecule has 5 aromatic rings. The molecule has 1 N–H and O–H groups in total. The van der Waals surface area contributed by atoms with E-state index in [4.69, 9.17) is 26.1 Å². The molecule has 1 amide bonds. The molecule has 2 saturated heterocycles. The fraction of sp³-hybridized carbons (Fsp3) is 0.457. The van der Waals surface area contributed by atoms with Crippen LogP contribution in [0.1, 0.15) is 52.7 Å². The molecular weight excluding hydrogens is 705 g/mol. The Bertz CT molecular complexity index is 2190. The maximum atomic E-state index is 17.1. The number of alkyl halides is 1. The number of nitrogens with zero attached hydrogens (tertiary/aromatic N) is 7. The molecule has 3 atom stereocenters. The third kappa shape index (κ3) is 6.12. The standard InChI is InChI=1S/C35H36ClF3N8O3S/c1-18-13-45-17-40-12-20(45)15-47(18)30-22-10-23(36)25(21-6-7-24(38)29-28(21)42-32(51-29)44-33(48)50-34(2,3)4)26(39)27(22)41-31(43-30)49-16-35-8-5-9-46(35)14-19(37)11-35/h6-7,10,12,17-19H,5,8-9,11,13-16H2,1-4H3,(H,42,44,48)/t18-,19-,35+/m1/s1. The van der Waals surface area contributed by atoms with Crippen molar-refractivity contribution in [2.24, 2.45) is 0 Å². The highest BCUT2D eigenvalue weighted by molar-refractivity contribution is 7.22. The molecule has 0 saturated carbocycles. The number of ether oxygens (including phenoxy) is 2. The Kier molecular flexibility index (Phi) is 8.30. The number of hydrogen-bond acceptors (Lipinski definition) is 10. The van der Waals surface area contributed by atoms with Gasteiger partial charge in [-0.25, -0.2) is 27.9 Å². The van der Waals surface area contributed by atoms with Crippen LogP contribution in [0, 0.1) is 11.6 Å². The molecule has 2 aromatic carbocycles. The van der Waals surface area contributed by atoms with Crippen molar-refractivity contribution in [2.75, 3.05) is 29.9 Å². The lowest BCUT2D eigenvalue weighted by atomic mass is 9.95. The minimum Gasteiger partial charge on any atom is -0.461 e. The van der Waals surface area contributed by atoms with E-state index >= 15 is 8.78 Å². The lowest BCUT2D eigenvalue weighted by Crippen LogP contribution is -2.44. The quantitative estimate of drug-likeness (QED) is 0.187. The highest BCUT2D eigenvalue weighted by Crippen LogP contribution is 2.44. The summed E-state index contributed by atoms with van der Waals surface area (Å²) in [5, 5.41) is 3.02. The van der Waals surface area contributed by atoms with E-state index in [0.29, 0.717) is 37.3 Å². The molecule has 3 aromatic heterocycles. The van der Waals surface area contributed by atoms with E-state index in [1.165, 1.54) is 12.1 Å². The van der Waals surface area contributed by atoms with Gasteiger partial charge in [-0.3, -0.25) is 10.2 Å². The first kappa shape index (κ1) is 33.9. The monoisotopic (exact) mass is 740 g/mol. The molecule has 0 aliphatic carbocycles. The zero-order valence-electron chi connectivity index (χ0n) is 28.5. The van der Waals surface area contributed by atoms with E-state index in [1.54, 1.807) is 39.4 Å². The summed E-state index contributed by atoms with van der Waals surface area (Å²) in [7, 11) is 0. The molecule has 2 fully saturated rings. The van der Waals surface area contributed by atoms with Crippen LogP contribution in [0.2, 0.25) is 5.02 Å². The largest absolute Gasteiger partial charge is 0.461 e. The van der Waals surface area contributed by atoms with Gasteiger partial charge in [0.05, 0.1) is 39.3 Å². The average molecular weight is 741 g/mol. The average Bonchev–Trinajstić information content (AvgIpc) is 3.83. The van der Waals surface area contributed by atoms with Crippen molar-refractivity contribution in [3.05, 3.63) is 53.1 Å². The number of carbonyl (C=O) groups excluding carboxylic acids is 1. The van der Waals surface area contributed by atoms with Crippen LogP contribution in [-0.2, 0) is 17.8 Å². The molecule has 268 valence electrons. The predicted molar refractivity (Wildman–Crippen MR) is 189 cm³/mol. The first-order valence-corrected chi connectivity index (χ1v) is 18.0. The molecule has 0 bridgehead atoms. The van der Waals surface area contributed by atoms with Crippen molar-refractivity contribution in [3.8, 4) is 17.1 Å². The zero-order valence-corrected chi connectivity index (χ0v) is 30.0. The van der Waals surface area contributed by atoms with Gasteiger partial charge in [0, 0.05) is 48.3 Å². The summed E-state index contributed by atoms with van der Waals surface area (Å²) in [5.74, 6) is -0.935. The molecule has 11 nitrogen and oxygen atoms in total. The zero-order chi connectivity index (χ0) is 35.8. The van der Waals surface area contributed by atoms with Gasteiger partial charge in [-0.1, -0.05) is 22.9 Å². The van der Waals surface area contributed by atoms with Gasteiger partial charge < -0.3 is 18.9 Å². The lowest BCUT2D eigenvalue weighted by Gasteiger charge is -2.36. The molecule has 0 radical (unpaired) electrons. The highest BCUT2D eigenvalue weighted by Gasteiger charge is 2.49. The van der Waals surface area contributed by atoms with Crippen LogP contribution in [0.5, 0.6) is 6.01 Å². The van der Waals surface area contributed by atoms with Gasteiger partial charge in [-0.05, 0) is 65.3 Å². The van der Waals surface area contributed by atoms with Crippen molar-refractivity contribution in [1.29, 1.82) is 0 Å². The van der Waals surface area contributed by atoms with E-state index in [-0.39, 0.29) is 55.7 Å². The number of imidazole rings is 1. The van der Waals surface area contributed by atoms with Gasteiger partial charge >= 0.3 is 12.1 Å². The molecule has 16 heteroatoms. The Hall–Kier alpha value is -4.21. The molecular formula is C35H36ClF3N8O3S. The first-order valence-electron chi connectivity index (χ1n) is 16.9. The number of hydrogen-bond donors (Lipinski definition) is 1. The number of anilines is 2.